The molecule has 37 heavy (non-hydrogen) atoms. The minimum Gasteiger partial charge on any atom is -0.497 e. The number of methoxy groups -OCH3 is 1. The summed E-state index contributed by atoms with van der Waals surface area (Å²) in [5.74, 6) is -0.752. The molecule has 2 aromatic rings. The van der Waals surface area contributed by atoms with E-state index in [-0.39, 0.29) is 25.0 Å². The molecule has 1 fully saturated rings. The molecule has 4 rings (SSSR count). The molecule has 9 nitrogen and oxygen atoms in total. The van der Waals surface area contributed by atoms with Crippen molar-refractivity contribution in [2.75, 3.05) is 33.9 Å². The maximum absolute atomic E-state index is 14.0. The van der Waals surface area contributed by atoms with Gasteiger partial charge in [0.1, 0.15) is 23.5 Å². The third-order valence-corrected chi connectivity index (χ3v) is 7.53. The summed E-state index contributed by atoms with van der Waals surface area (Å²) < 4.78 is 11.2. The van der Waals surface area contributed by atoms with Gasteiger partial charge in [-0.2, -0.15) is 5.10 Å². The van der Waals surface area contributed by atoms with Crippen molar-refractivity contribution >= 4 is 23.4 Å². The van der Waals surface area contributed by atoms with Crippen LogP contribution in [0.25, 0.3) is 0 Å². The van der Waals surface area contributed by atoms with Gasteiger partial charge in [-0.05, 0) is 24.1 Å². The predicted octanol–water partition coefficient (Wildman–Crippen LogP) is 2.49. The van der Waals surface area contributed by atoms with E-state index in [9.17, 15) is 14.4 Å². The summed E-state index contributed by atoms with van der Waals surface area (Å²) in [6, 6.07) is 16.8. The molecule has 0 radical (unpaired) electrons. The third kappa shape index (κ3) is 5.03. The van der Waals surface area contributed by atoms with Crippen molar-refractivity contribution in [2.24, 2.45) is 27.6 Å². The summed E-state index contributed by atoms with van der Waals surface area (Å²) in [6.45, 7) is 3.81. The van der Waals surface area contributed by atoms with Gasteiger partial charge in [0.15, 0.2) is 0 Å². The number of carbonyl (C=O) groups excluding carboxylic acids is 3. The minimum absolute atomic E-state index is 0.0566. The number of benzene rings is 2. The Kier molecular flexibility index (Phi) is 7.25. The molecule has 2 heterocycles. The second kappa shape index (κ2) is 10.2. The summed E-state index contributed by atoms with van der Waals surface area (Å²) in [4.78, 5) is 41.6. The Balaban J connectivity index is 1.62. The summed E-state index contributed by atoms with van der Waals surface area (Å²) >= 11 is 0. The smallest absolute Gasteiger partial charge is 0.256 e. The molecule has 0 unspecified atom stereocenters. The van der Waals surface area contributed by atoms with Crippen LogP contribution in [0.5, 0.6) is 11.5 Å². The molecule has 3 amide bonds. The van der Waals surface area contributed by atoms with E-state index in [0.29, 0.717) is 30.9 Å². The standard InChI is InChI=1S/C28H34N4O5/c1-27(2,25(29)34)22(17-37-21-12-8-11-20(15-21)36-4)24(33)32-14-13-23-28(18-32,26(35)31(3)30-23)16-19-9-6-5-7-10-19/h5-12,15,22H,13-14,16-18H2,1-4H3,(H2,29,34)/t22-,28-/m1/s1. The molecule has 9 heteroatoms. The zero-order valence-corrected chi connectivity index (χ0v) is 21.8. The second-order valence-electron chi connectivity index (χ2n) is 10.3. The SMILES string of the molecule is COc1cccc(OC[C@H](C(=O)N2CCC3=NN(C)C(=O)[C@]3(Cc3ccccc3)C2)C(C)(C)C(N)=O)c1. The van der Waals surface area contributed by atoms with Crippen molar-refractivity contribution in [1.82, 2.24) is 9.91 Å². The fraction of sp³-hybridized carbons (Fsp3) is 0.429. The monoisotopic (exact) mass is 506 g/mol. The number of nitrogens with zero attached hydrogens (tertiary/aromatic N) is 3. The van der Waals surface area contributed by atoms with Gasteiger partial charge in [-0.1, -0.05) is 50.2 Å². The number of rotatable bonds is 9. The lowest BCUT2D eigenvalue weighted by molar-refractivity contribution is -0.149. The molecule has 2 aliphatic heterocycles. The number of amides is 3. The molecule has 2 N–H and O–H groups in total. The van der Waals surface area contributed by atoms with Crippen LogP contribution in [0.2, 0.25) is 0 Å². The minimum atomic E-state index is -1.19. The van der Waals surface area contributed by atoms with Gasteiger partial charge in [-0.15, -0.1) is 0 Å². The van der Waals surface area contributed by atoms with E-state index in [1.807, 2.05) is 30.3 Å². The highest BCUT2D eigenvalue weighted by atomic mass is 16.5. The zero-order valence-electron chi connectivity index (χ0n) is 21.8. The van der Waals surface area contributed by atoms with Gasteiger partial charge in [-0.3, -0.25) is 14.4 Å². The molecule has 0 spiro atoms. The number of hydrogen-bond acceptors (Lipinski definition) is 6. The van der Waals surface area contributed by atoms with Gasteiger partial charge < -0.3 is 20.1 Å². The van der Waals surface area contributed by atoms with Crippen LogP contribution in [0.1, 0.15) is 25.8 Å². The van der Waals surface area contributed by atoms with E-state index in [0.717, 1.165) is 11.3 Å². The van der Waals surface area contributed by atoms with Crippen LogP contribution >= 0.6 is 0 Å². The predicted molar refractivity (Wildman–Crippen MR) is 139 cm³/mol. The highest BCUT2D eigenvalue weighted by molar-refractivity contribution is 6.13. The lowest BCUT2D eigenvalue weighted by Crippen LogP contribution is -2.58. The van der Waals surface area contributed by atoms with Crippen LogP contribution in [0.15, 0.2) is 59.7 Å². The molecular formula is C28H34N4O5. The number of hydrogen-bond donors (Lipinski definition) is 1. The van der Waals surface area contributed by atoms with E-state index in [4.69, 9.17) is 15.2 Å². The average Bonchev–Trinajstić information content (AvgIpc) is 3.13. The first-order chi connectivity index (χ1) is 17.6. The topological polar surface area (TPSA) is 115 Å². The highest BCUT2D eigenvalue weighted by Crippen LogP contribution is 2.40. The number of primary amides is 1. The molecule has 2 atom stereocenters. The lowest BCUT2D eigenvalue weighted by atomic mass is 9.72. The normalized spacial score (nSPS) is 20.2. The maximum Gasteiger partial charge on any atom is 0.256 e. The molecule has 0 aromatic heterocycles. The Bertz CT molecular complexity index is 1210. The van der Waals surface area contributed by atoms with E-state index >= 15 is 0 Å². The highest BCUT2D eigenvalue weighted by Gasteiger charge is 2.54. The second-order valence-corrected chi connectivity index (χ2v) is 10.3. The quantitative estimate of drug-likeness (QED) is 0.561. The van der Waals surface area contributed by atoms with Crippen LogP contribution < -0.4 is 15.2 Å². The summed E-state index contributed by atoms with van der Waals surface area (Å²) in [5, 5.41) is 5.90. The number of nitrogens with two attached hydrogens (primary N) is 1. The number of piperidine rings is 1. The van der Waals surface area contributed by atoms with E-state index < -0.39 is 22.7 Å². The fourth-order valence-electron chi connectivity index (χ4n) is 5.07. The van der Waals surface area contributed by atoms with Crippen molar-refractivity contribution in [3.8, 4) is 11.5 Å². The number of fused-ring (bicyclic) bond motifs is 1. The van der Waals surface area contributed by atoms with Crippen molar-refractivity contribution in [3.05, 3.63) is 60.2 Å². The lowest BCUT2D eigenvalue weighted by Gasteiger charge is -2.42. The van der Waals surface area contributed by atoms with Crippen LogP contribution in [-0.2, 0) is 20.8 Å². The van der Waals surface area contributed by atoms with Gasteiger partial charge in [-0.25, -0.2) is 5.01 Å². The Hall–Kier alpha value is -3.88. The first kappa shape index (κ1) is 26.2. The molecule has 0 bridgehead atoms. The molecule has 2 aliphatic rings. The largest absolute Gasteiger partial charge is 0.497 e. The van der Waals surface area contributed by atoms with Crippen LogP contribution in [0.3, 0.4) is 0 Å². The number of hydrazone groups is 1. The number of ether oxygens (including phenoxy) is 2. The summed E-state index contributed by atoms with van der Waals surface area (Å²) in [7, 11) is 3.20. The van der Waals surface area contributed by atoms with E-state index in [1.54, 1.807) is 57.2 Å². The van der Waals surface area contributed by atoms with Crippen molar-refractivity contribution in [3.63, 3.8) is 0 Å². The maximum atomic E-state index is 14.0. The van der Waals surface area contributed by atoms with Gasteiger partial charge >= 0.3 is 0 Å². The van der Waals surface area contributed by atoms with Crippen molar-refractivity contribution < 1.29 is 23.9 Å². The van der Waals surface area contributed by atoms with Crippen molar-refractivity contribution in [2.45, 2.75) is 26.7 Å². The van der Waals surface area contributed by atoms with Crippen molar-refractivity contribution in [1.29, 1.82) is 0 Å². The Morgan fingerprint density at radius 2 is 1.84 bits per heavy atom. The molecule has 2 aromatic carbocycles. The fourth-order valence-corrected chi connectivity index (χ4v) is 5.07. The Labute approximate surface area is 217 Å². The van der Waals surface area contributed by atoms with E-state index in [2.05, 4.69) is 5.10 Å². The summed E-state index contributed by atoms with van der Waals surface area (Å²) in [6.07, 6.45) is 0.902. The first-order valence-electron chi connectivity index (χ1n) is 12.3. The van der Waals surface area contributed by atoms with E-state index in [1.165, 1.54) is 5.01 Å². The zero-order chi connectivity index (χ0) is 26.8. The van der Waals surface area contributed by atoms with Gasteiger partial charge in [0.25, 0.3) is 5.91 Å². The molecule has 196 valence electrons. The van der Waals surface area contributed by atoms with Crippen LogP contribution in [0.4, 0.5) is 0 Å². The molecular weight excluding hydrogens is 472 g/mol. The van der Waals surface area contributed by atoms with Gasteiger partial charge in [0.2, 0.25) is 11.8 Å². The number of likely N-dealkylation sites (tertiary alicyclic amines) is 1. The third-order valence-electron chi connectivity index (χ3n) is 7.53. The van der Waals surface area contributed by atoms with Gasteiger partial charge in [0, 0.05) is 32.6 Å². The van der Waals surface area contributed by atoms with Crippen LogP contribution in [-0.4, -0.2) is 67.2 Å². The first-order valence-corrected chi connectivity index (χ1v) is 12.3. The Morgan fingerprint density at radius 3 is 2.51 bits per heavy atom. The van der Waals surface area contributed by atoms with Crippen LogP contribution in [0, 0.1) is 16.7 Å². The molecule has 0 aliphatic carbocycles. The molecule has 1 saturated heterocycles. The molecule has 0 saturated carbocycles. The number of carbonyl (C=O) groups is 3. The average molecular weight is 507 g/mol. The summed E-state index contributed by atoms with van der Waals surface area (Å²) in [5.41, 5.74) is 5.38. The Morgan fingerprint density at radius 1 is 1.14 bits per heavy atom. The van der Waals surface area contributed by atoms with Gasteiger partial charge in [0.05, 0.1) is 24.2 Å².